The van der Waals surface area contributed by atoms with E-state index in [0.717, 1.165) is 5.56 Å². The van der Waals surface area contributed by atoms with Crippen molar-refractivity contribution >= 4 is 5.91 Å². The smallest absolute Gasteiger partial charge is 0.274 e. The Kier molecular flexibility index (Phi) is 2.87. The molecule has 1 aromatic carbocycles. The maximum absolute atomic E-state index is 11.0. The third-order valence-corrected chi connectivity index (χ3v) is 1.78. The van der Waals surface area contributed by atoms with Gasteiger partial charge < -0.3 is 4.74 Å². The summed E-state index contributed by atoms with van der Waals surface area (Å²) < 4.78 is 4.97. The molecule has 0 bridgehead atoms. The zero-order chi connectivity index (χ0) is 9.84. The zero-order valence-corrected chi connectivity index (χ0v) is 7.50. The largest absolute Gasteiger partial charge is 0.497 e. The molecule has 1 amide bonds. The lowest BCUT2D eigenvalue weighted by atomic mass is 10.1. The first-order valence-corrected chi connectivity index (χ1v) is 3.78. The Morgan fingerprint density at radius 2 is 2.23 bits per heavy atom. The number of amides is 1. The number of rotatable bonds is 2. The number of benzene rings is 1. The molecule has 0 atom stereocenters. The van der Waals surface area contributed by atoms with Crippen molar-refractivity contribution in [2.45, 2.75) is 6.92 Å². The molecular weight excluding hydrogens is 170 g/mol. The Bertz CT molecular complexity index is 323. The second-order valence-electron chi connectivity index (χ2n) is 2.62. The summed E-state index contributed by atoms with van der Waals surface area (Å²) in [6.07, 6.45) is 0. The molecule has 70 valence electrons. The highest BCUT2D eigenvalue weighted by molar-refractivity contribution is 5.94. The summed E-state index contributed by atoms with van der Waals surface area (Å²) in [7, 11) is 1.56. The average Bonchev–Trinajstić information content (AvgIpc) is 2.16. The minimum absolute atomic E-state index is 0.434. The van der Waals surface area contributed by atoms with Gasteiger partial charge in [-0.25, -0.2) is 5.48 Å². The predicted molar refractivity (Wildman–Crippen MR) is 47.0 cm³/mol. The number of carbonyl (C=O) groups excluding carboxylic acids is 1. The maximum Gasteiger partial charge on any atom is 0.274 e. The molecule has 0 heterocycles. The van der Waals surface area contributed by atoms with Gasteiger partial charge in [-0.3, -0.25) is 10.0 Å². The number of hydrogen-bond acceptors (Lipinski definition) is 3. The SMILES string of the molecule is COc1ccc(C(=O)NO)c(C)c1. The zero-order valence-electron chi connectivity index (χ0n) is 7.50. The summed E-state index contributed by atoms with van der Waals surface area (Å²) in [6.45, 7) is 1.77. The molecule has 4 nitrogen and oxygen atoms in total. The van der Waals surface area contributed by atoms with Crippen LogP contribution in [0, 0.1) is 6.92 Å². The molecule has 0 aliphatic rings. The van der Waals surface area contributed by atoms with Crippen LogP contribution in [0.15, 0.2) is 18.2 Å². The van der Waals surface area contributed by atoms with Crippen molar-refractivity contribution in [2.75, 3.05) is 7.11 Å². The van der Waals surface area contributed by atoms with Gasteiger partial charge in [-0.1, -0.05) is 0 Å². The van der Waals surface area contributed by atoms with Gasteiger partial charge >= 0.3 is 0 Å². The second-order valence-corrected chi connectivity index (χ2v) is 2.62. The quantitative estimate of drug-likeness (QED) is 0.531. The van der Waals surface area contributed by atoms with E-state index in [9.17, 15) is 4.79 Å². The molecule has 0 aromatic heterocycles. The molecule has 4 heteroatoms. The fourth-order valence-corrected chi connectivity index (χ4v) is 1.08. The molecule has 0 saturated heterocycles. The molecule has 0 saturated carbocycles. The van der Waals surface area contributed by atoms with Crippen LogP contribution in [-0.4, -0.2) is 18.2 Å². The van der Waals surface area contributed by atoms with Crippen LogP contribution in [-0.2, 0) is 0 Å². The lowest BCUT2D eigenvalue weighted by molar-refractivity contribution is 0.0705. The normalized spacial score (nSPS) is 9.46. The van der Waals surface area contributed by atoms with Gasteiger partial charge in [0.2, 0.25) is 0 Å². The monoisotopic (exact) mass is 181 g/mol. The van der Waals surface area contributed by atoms with E-state index in [-0.39, 0.29) is 0 Å². The van der Waals surface area contributed by atoms with Gasteiger partial charge in [0.15, 0.2) is 0 Å². The summed E-state index contributed by atoms with van der Waals surface area (Å²) >= 11 is 0. The molecule has 0 aliphatic heterocycles. The summed E-state index contributed by atoms with van der Waals surface area (Å²) in [4.78, 5) is 11.0. The Morgan fingerprint density at radius 1 is 1.54 bits per heavy atom. The first kappa shape index (κ1) is 9.54. The van der Waals surface area contributed by atoms with Gasteiger partial charge in [-0.15, -0.1) is 0 Å². The molecule has 13 heavy (non-hydrogen) atoms. The minimum atomic E-state index is -0.514. The van der Waals surface area contributed by atoms with Crippen LogP contribution in [0.4, 0.5) is 0 Å². The van der Waals surface area contributed by atoms with E-state index in [1.54, 1.807) is 37.7 Å². The molecule has 2 N–H and O–H groups in total. The van der Waals surface area contributed by atoms with Crippen LogP contribution in [0.3, 0.4) is 0 Å². The van der Waals surface area contributed by atoms with Crippen LogP contribution in [0.1, 0.15) is 15.9 Å². The van der Waals surface area contributed by atoms with E-state index < -0.39 is 5.91 Å². The maximum atomic E-state index is 11.0. The summed E-state index contributed by atoms with van der Waals surface area (Å²) in [5.74, 6) is 0.173. The van der Waals surface area contributed by atoms with Crippen LogP contribution in [0.5, 0.6) is 5.75 Å². The highest BCUT2D eigenvalue weighted by Crippen LogP contribution is 2.16. The highest BCUT2D eigenvalue weighted by atomic mass is 16.5. The van der Waals surface area contributed by atoms with E-state index in [4.69, 9.17) is 9.94 Å². The molecule has 0 aliphatic carbocycles. The van der Waals surface area contributed by atoms with E-state index in [0.29, 0.717) is 11.3 Å². The van der Waals surface area contributed by atoms with Gasteiger partial charge in [0.05, 0.1) is 7.11 Å². The number of carbonyl (C=O) groups is 1. The van der Waals surface area contributed by atoms with Gasteiger partial charge in [-0.2, -0.15) is 0 Å². The Balaban J connectivity index is 3.05. The summed E-state index contributed by atoms with van der Waals surface area (Å²) in [5.41, 5.74) is 2.77. The fraction of sp³-hybridized carbons (Fsp3) is 0.222. The van der Waals surface area contributed by atoms with Crippen LogP contribution >= 0.6 is 0 Å². The third kappa shape index (κ3) is 1.97. The molecule has 0 radical (unpaired) electrons. The van der Waals surface area contributed by atoms with Crippen molar-refractivity contribution in [1.29, 1.82) is 0 Å². The van der Waals surface area contributed by atoms with Crippen molar-refractivity contribution in [3.05, 3.63) is 29.3 Å². The topological polar surface area (TPSA) is 58.6 Å². The molecule has 0 fully saturated rings. The van der Waals surface area contributed by atoms with E-state index in [2.05, 4.69) is 0 Å². The highest BCUT2D eigenvalue weighted by Gasteiger charge is 2.07. The van der Waals surface area contributed by atoms with Crippen LogP contribution in [0.25, 0.3) is 0 Å². The third-order valence-electron chi connectivity index (χ3n) is 1.78. The number of hydroxylamine groups is 1. The number of nitrogens with one attached hydrogen (secondary N) is 1. The Morgan fingerprint density at radius 3 is 2.69 bits per heavy atom. The van der Waals surface area contributed by atoms with E-state index in [1.807, 2.05) is 0 Å². The van der Waals surface area contributed by atoms with Crippen molar-refractivity contribution < 1.29 is 14.7 Å². The van der Waals surface area contributed by atoms with Crippen molar-refractivity contribution in [3.8, 4) is 5.75 Å². The van der Waals surface area contributed by atoms with Gasteiger partial charge in [-0.05, 0) is 30.7 Å². The average molecular weight is 181 g/mol. The molecule has 0 spiro atoms. The number of aryl methyl sites for hydroxylation is 1. The van der Waals surface area contributed by atoms with Gasteiger partial charge in [0.1, 0.15) is 5.75 Å². The van der Waals surface area contributed by atoms with E-state index in [1.165, 1.54) is 0 Å². The second kappa shape index (κ2) is 3.91. The van der Waals surface area contributed by atoms with Gasteiger partial charge in [0, 0.05) is 5.56 Å². The van der Waals surface area contributed by atoms with Crippen LogP contribution in [0.2, 0.25) is 0 Å². The molecule has 1 aromatic rings. The molecular formula is C9H11NO3. The van der Waals surface area contributed by atoms with Crippen molar-refractivity contribution in [3.63, 3.8) is 0 Å². The minimum Gasteiger partial charge on any atom is -0.497 e. The lowest BCUT2D eigenvalue weighted by Crippen LogP contribution is -2.19. The molecule has 1 rings (SSSR count). The van der Waals surface area contributed by atoms with Gasteiger partial charge in [0.25, 0.3) is 5.91 Å². The van der Waals surface area contributed by atoms with E-state index >= 15 is 0 Å². The number of ether oxygens (including phenoxy) is 1. The van der Waals surface area contributed by atoms with Crippen molar-refractivity contribution in [1.82, 2.24) is 5.48 Å². The van der Waals surface area contributed by atoms with Crippen LogP contribution < -0.4 is 10.2 Å². The van der Waals surface area contributed by atoms with Crippen molar-refractivity contribution in [2.24, 2.45) is 0 Å². The Labute approximate surface area is 76.1 Å². The summed E-state index contributed by atoms with van der Waals surface area (Å²) in [6, 6.07) is 4.99. The summed E-state index contributed by atoms with van der Waals surface area (Å²) in [5, 5.41) is 8.41. The first-order chi connectivity index (χ1) is 6.19. The fourth-order valence-electron chi connectivity index (χ4n) is 1.08. The number of methoxy groups -OCH3 is 1. The predicted octanol–water partition coefficient (Wildman–Crippen LogP) is 1.12. The standard InChI is InChI=1S/C9H11NO3/c1-6-5-7(13-2)3-4-8(6)9(11)10-12/h3-5,12H,1-2H3,(H,10,11). The first-order valence-electron chi connectivity index (χ1n) is 3.78. The number of hydrogen-bond donors (Lipinski definition) is 2. The lowest BCUT2D eigenvalue weighted by Gasteiger charge is -2.05. The Hall–Kier alpha value is -1.55. The molecule has 0 unspecified atom stereocenters.